The minimum Gasteiger partial charge on any atom is -0.502 e. The monoisotopic (exact) mass is 382 g/mol. The number of hydrogen-bond acceptors (Lipinski definition) is 5. The molecule has 0 saturated heterocycles. The van der Waals surface area contributed by atoms with Crippen LogP contribution in [0.4, 0.5) is 0 Å². The van der Waals surface area contributed by atoms with Gasteiger partial charge in [0, 0.05) is 11.4 Å². The summed E-state index contributed by atoms with van der Waals surface area (Å²) in [5, 5.41) is 12.0. The second-order valence-corrected chi connectivity index (χ2v) is 5.81. The van der Waals surface area contributed by atoms with Crippen LogP contribution in [-0.4, -0.2) is 17.5 Å². The van der Waals surface area contributed by atoms with Gasteiger partial charge in [0.2, 0.25) is 5.75 Å². The molecule has 0 aliphatic carbocycles. The number of aromatic hydroxyl groups is 1. The Hall–Kier alpha value is -1.95. The van der Waals surface area contributed by atoms with E-state index in [1.165, 1.54) is 32.3 Å². The zero-order chi connectivity index (χ0) is 17.0. The molecule has 0 unspecified atom stereocenters. The SMILES string of the molecule is CCCCBr.COc1c2ccoc2c(O)c2oc(C)cc(=O)c12. The third kappa shape index (κ3) is 3.37. The summed E-state index contributed by atoms with van der Waals surface area (Å²) in [6.45, 7) is 3.82. The predicted molar refractivity (Wildman–Crippen MR) is 93.9 cm³/mol. The lowest BCUT2D eigenvalue weighted by Crippen LogP contribution is -2.03. The molecule has 6 heteroatoms. The topological polar surface area (TPSA) is 72.8 Å². The minimum absolute atomic E-state index is 0.0827. The van der Waals surface area contributed by atoms with E-state index in [1.54, 1.807) is 13.0 Å². The van der Waals surface area contributed by atoms with Crippen molar-refractivity contribution >= 4 is 37.9 Å². The highest BCUT2D eigenvalue weighted by Crippen LogP contribution is 2.41. The number of aryl methyl sites for hydroxylation is 1. The Balaban J connectivity index is 0.000000338. The molecule has 5 nitrogen and oxygen atoms in total. The second-order valence-electron chi connectivity index (χ2n) is 5.01. The van der Waals surface area contributed by atoms with Gasteiger partial charge in [-0.05, 0) is 19.4 Å². The number of furan rings is 1. The first-order valence-corrected chi connectivity index (χ1v) is 8.43. The van der Waals surface area contributed by atoms with E-state index in [0.29, 0.717) is 16.9 Å². The first-order chi connectivity index (χ1) is 11.0. The Morgan fingerprint density at radius 3 is 2.65 bits per heavy atom. The maximum atomic E-state index is 12.0. The summed E-state index contributed by atoms with van der Waals surface area (Å²) >= 11 is 3.31. The Morgan fingerprint density at radius 1 is 1.35 bits per heavy atom. The zero-order valence-electron chi connectivity index (χ0n) is 13.3. The van der Waals surface area contributed by atoms with E-state index in [1.807, 2.05) is 0 Å². The van der Waals surface area contributed by atoms with E-state index in [-0.39, 0.29) is 27.7 Å². The highest BCUT2D eigenvalue weighted by atomic mass is 79.9. The summed E-state index contributed by atoms with van der Waals surface area (Å²) in [4.78, 5) is 12.0. The third-order valence-electron chi connectivity index (χ3n) is 3.33. The van der Waals surface area contributed by atoms with Crippen LogP contribution < -0.4 is 10.2 Å². The molecule has 1 aromatic carbocycles. The molecule has 0 aliphatic heterocycles. The van der Waals surface area contributed by atoms with E-state index in [0.717, 1.165) is 5.33 Å². The lowest BCUT2D eigenvalue weighted by Gasteiger charge is -2.07. The predicted octanol–water partition coefficient (Wildman–Crippen LogP) is 4.74. The number of methoxy groups -OCH3 is 1. The minimum atomic E-state index is -0.260. The van der Waals surface area contributed by atoms with E-state index in [9.17, 15) is 9.90 Å². The summed E-state index contributed by atoms with van der Waals surface area (Å²) < 4.78 is 15.8. The quantitative estimate of drug-likeness (QED) is 0.662. The van der Waals surface area contributed by atoms with Gasteiger partial charge in [-0.3, -0.25) is 4.79 Å². The highest BCUT2D eigenvalue weighted by molar-refractivity contribution is 9.09. The molecule has 0 saturated carbocycles. The maximum Gasteiger partial charge on any atom is 0.203 e. The standard InChI is InChI=1S/C13H10O5.C4H9Br/c1-6-5-8(14)9-11(16-2)7-3-4-17-12(7)10(15)13(9)18-6;1-2-3-4-5/h3-5,15H,1-2H3;2-4H2,1H3. The summed E-state index contributed by atoms with van der Waals surface area (Å²) in [7, 11) is 1.46. The molecule has 2 aromatic heterocycles. The Bertz CT molecular complexity index is 861. The number of unbranched alkanes of at least 4 members (excludes halogenated alkanes) is 1. The van der Waals surface area contributed by atoms with Crippen LogP contribution in [0, 0.1) is 6.92 Å². The average Bonchev–Trinajstić information content (AvgIpc) is 3.00. The average molecular weight is 383 g/mol. The van der Waals surface area contributed by atoms with Gasteiger partial charge in [-0.15, -0.1) is 0 Å². The van der Waals surface area contributed by atoms with E-state index in [2.05, 4.69) is 22.9 Å². The number of phenolic OH excluding ortho intramolecular Hbond substituents is 1. The molecule has 2 heterocycles. The van der Waals surface area contributed by atoms with Crippen LogP contribution in [-0.2, 0) is 0 Å². The van der Waals surface area contributed by atoms with E-state index < -0.39 is 0 Å². The Labute approximate surface area is 142 Å². The van der Waals surface area contributed by atoms with Gasteiger partial charge >= 0.3 is 0 Å². The fourth-order valence-corrected chi connectivity index (χ4v) is 2.81. The van der Waals surface area contributed by atoms with E-state index >= 15 is 0 Å². The normalized spacial score (nSPS) is 10.6. The number of phenols is 1. The summed E-state index contributed by atoms with van der Waals surface area (Å²) in [6.07, 6.45) is 4.02. The van der Waals surface area contributed by atoms with Gasteiger partial charge < -0.3 is 18.7 Å². The second kappa shape index (κ2) is 7.55. The number of hydrogen-bond donors (Lipinski definition) is 1. The van der Waals surface area contributed by atoms with Crippen molar-refractivity contribution in [3.63, 3.8) is 0 Å². The van der Waals surface area contributed by atoms with Gasteiger partial charge in [-0.1, -0.05) is 29.3 Å². The molecule has 0 spiro atoms. The van der Waals surface area contributed by atoms with Crippen LogP contribution in [0.5, 0.6) is 11.5 Å². The van der Waals surface area contributed by atoms with Crippen molar-refractivity contribution in [1.29, 1.82) is 0 Å². The van der Waals surface area contributed by atoms with Crippen molar-refractivity contribution in [3.05, 3.63) is 34.4 Å². The molecule has 0 aliphatic rings. The van der Waals surface area contributed by atoms with Gasteiger partial charge in [0.25, 0.3) is 0 Å². The van der Waals surface area contributed by atoms with Gasteiger partial charge in [-0.2, -0.15) is 0 Å². The van der Waals surface area contributed by atoms with Crippen LogP contribution in [0.25, 0.3) is 21.9 Å². The van der Waals surface area contributed by atoms with Crippen LogP contribution >= 0.6 is 15.9 Å². The molecule has 0 fully saturated rings. The Morgan fingerprint density at radius 2 is 2.09 bits per heavy atom. The summed E-state index contributed by atoms with van der Waals surface area (Å²) in [5.74, 6) is 0.572. The molecule has 0 bridgehead atoms. The van der Waals surface area contributed by atoms with Crippen molar-refractivity contribution in [2.75, 3.05) is 12.4 Å². The number of halogens is 1. The van der Waals surface area contributed by atoms with Gasteiger partial charge in [-0.25, -0.2) is 0 Å². The van der Waals surface area contributed by atoms with Crippen molar-refractivity contribution in [1.82, 2.24) is 0 Å². The molecular weight excluding hydrogens is 364 g/mol. The molecule has 1 N–H and O–H groups in total. The van der Waals surface area contributed by atoms with Crippen molar-refractivity contribution in [2.45, 2.75) is 26.7 Å². The van der Waals surface area contributed by atoms with Crippen LogP contribution in [0.15, 0.2) is 32.0 Å². The molecule has 0 radical (unpaired) electrons. The molecule has 3 aromatic rings. The first kappa shape index (κ1) is 17.4. The molecule has 124 valence electrons. The number of rotatable bonds is 3. The van der Waals surface area contributed by atoms with Crippen LogP contribution in [0.3, 0.4) is 0 Å². The van der Waals surface area contributed by atoms with Gasteiger partial charge in [0.15, 0.2) is 16.6 Å². The number of ether oxygens (including phenoxy) is 1. The van der Waals surface area contributed by atoms with Crippen LogP contribution in [0.1, 0.15) is 25.5 Å². The number of alkyl halides is 1. The third-order valence-corrected chi connectivity index (χ3v) is 3.89. The highest BCUT2D eigenvalue weighted by Gasteiger charge is 2.20. The number of benzene rings is 1. The molecule has 23 heavy (non-hydrogen) atoms. The first-order valence-electron chi connectivity index (χ1n) is 7.31. The van der Waals surface area contributed by atoms with Crippen molar-refractivity contribution in [2.24, 2.45) is 0 Å². The van der Waals surface area contributed by atoms with Crippen LogP contribution in [0.2, 0.25) is 0 Å². The fraction of sp³-hybridized carbons (Fsp3) is 0.353. The van der Waals surface area contributed by atoms with Gasteiger partial charge in [0.1, 0.15) is 16.9 Å². The summed E-state index contributed by atoms with van der Waals surface area (Å²) in [6, 6.07) is 2.99. The molecule has 0 atom stereocenters. The largest absolute Gasteiger partial charge is 0.502 e. The molecule has 0 amide bonds. The van der Waals surface area contributed by atoms with E-state index in [4.69, 9.17) is 13.6 Å². The molecule has 3 rings (SSSR count). The maximum absolute atomic E-state index is 12.0. The van der Waals surface area contributed by atoms with Crippen molar-refractivity contribution in [3.8, 4) is 11.5 Å². The molecular formula is C17H19BrO5. The smallest absolute Gasteiger partial charge is 0.203 e. The number of fused-ring (bicyclic) bond motifs is 2. The Kier molecular flexibility index (Phi) is 5.71. The summed E-state index contributed by atoms with van der Waals surface area (Å²) in [5.41, 5.74) is 0.0661. The zero-order valence-corrected chi connectivity index (χ0v) is 14.9. The van der Waals surface area contributed by atoms with Crippen molar-refractivity contribution < 1.29 is 18.7 Å². The fourth-order valence-electron chi connectivity index (χ4n) is 2.25. The van der Waals surface area contributed by atoms with Gasteiger partial charge in [0.05, 0.1) is 18.8 Å². The lowest BCUT2D eigenvalue weighted by atomic mass is 10.1. The lowest BCUT2D eigenvalue weighted by molar-refractivity contribution is 0.418.